The van der Waals surface area contributed by atoms with E-state index in [0.29, 0.717) is 11.6 Å². The van der Waals surface area contributed by atoms with Crippen LogP contribution in [-0.2, 0) is 12.8 Å². The number of aromatic nitrogens is 3. The van der Waals surface area contributed by atoms with Crippen LogP contribution in [-0.4, -0.2) is 33.6 Å². The molecule has 2 N–H and O–H groups in total. The lowest BCUT2D eigenvalue weighted by Crippen LogP contribution is -2.21. The van der Waals surface area contributed by atoms with Crippen molar-refractivity contribution in [1.29, 1.82) is 0 Å². The lowest BCUT2D eigenvalue weighted by atomic mass is 9.98. The first-order valence-corrected chi connectivity index (χ1v) is 11.0. The van der Waals surface area contributed by atoms with Crippen LogP contribution in [0.3, 0.4) is 0 Å². The molecule has 1 aliphatic carbocycles. The van der Waals surface area contributed by atoms with Crippen molar-refractivity contribution in [3.63, 3.8) is 0 Å². The SMILES string of the molecule is CCC(CC)Nc1c2c(nc3c(-c4ccc(C(=O)NC)cc4C)c(C)nn13)CCC2. The number of anilines is 1. The number of carbonyl (C=O) groups excluding carboxylic acids is 1. The van der Waals surface area contributed by atoms with Crippen molar-refractivity contribution in [2.75, 3.05) is 12.4 Å². The van der Waals surface area contributed by atoms with Crippen molar-refractivity contribution >= 4 is 17.4 Å². The summed E-state index contributed by atoms with van der Waals surface area (Å²) < 4.78 is 2.01. The van der Waals surface area contributed by atoms with Gasteiger partial charge in [0.25, 0.3) is 5.91 Å². The molecule has 0 fully saturated rings. The molecule has 4 rings (SSSR count). The van der Waals surface area contributed by atoms with Crippen LogP contribution in [0.5, 0.6) is 0 Å². The molecule has 0 bridgehead atoms. The Labute approximate surface area is 178 Å². The fraction of sp³-hybridized carbons (Fsp3) is 0.458. The van der Waals surface area contributed by atoms with Crippen molar-refractivity contribution in [1.82, 2.24) is 19.9 Å². The van der Waals surface area contributed by atoms with E-state index >= 15 is 0 Å². The third-order valence-electron chi connectivity index (χ3n) is 6.27. The van der Waals surface area contributed by atoms with Crippen LogP contribution in [0.15, 0.2) is 18.2 Å². The van der Waals surface area contributed by atoms with Crippen LogP contribution in [0.1, 0.15) is 66.0 Å². The van der Waals surface area contributed by atoms with E-state index in [1.165, 1.54) is 11.3 Å². The van der Waals surface area contributed by atoms with Crippen molar-refractivity contribution < 1.29 is 4.79 Å². The van der Waals surface area contributed by atoms with Crippen molar-refractivity contribution in [3.8, 4) is 11.1 Å². The second-order valence-electron chi connectivity index (χ2n) is 8.20. The van der Waals surface area contributed by atoms with Crippen molar-refractivity contribution in [2.45, 2.75) is 65.8 Å². The van der Waals surface area contributed by atoms with Crippen LogP contribution in [0, 0.1) is 13.8 Å². The largest absolute Gasteiger partial charge is 0.367 e. The summed E-state index contributed by atoms with van der Waals surface area (Å²) in [5.41, 5.74) is 8.20. The molecular formula is C24H31N5O. The lowest BCUT2D eigenvalue weighted by molar-refractivity contribution is 0.0963. The quantitative estimate of drug-likeness (QED) is 0.635. The van der Waals surface area contributed by atoms with Gasteiger partial charge in [-0.05, 0) is 69.2 Å². The minimum atomic E-state index is -0.0751. The van der Waals surface area contributed by atoms with Gasteiger partial charge in [0.15, 0.2) is 5.65 Å². The van der Waals surface area contributed by atoms with Crippen LogP contribution >= 0.6 is 0 Å². The summed E-state index contributed by atoms with van der Waals surface area (Å²) in [6, 6.07) is 6.25. The fourth-order valence-electron chi connectivity index (χ4n) is 4.52. The molecule has 30 heavy (non-hydrogen) atoms. The fourth-order valence-corrected chi connectivity index (χ4v) is 4.52. The maximum Gasteiger partial charge on any atom is 0.251 e. The summed E-state index contributed by atoms with van der Waals surface area (Å²) >= 11 is 0. The summed E-state index contributed by atoms with van der Waals surface area (Å²) in [6.45, 7) is 8.53. The van der Waals surface area contributed by atoms with E-state index < -0.39 is 0 Å². The summed E-state index contributed by atoms with van der Waals surface area (Å²) in [4.78, 5) is 17.1. The highest BCUT2D eigenvalue weighted by atomic mass is 16.1. The van der Waals surface area contributed by atoms with Crippen LogP contribution < -0.4 is 10.6 Å². The summed E-state index contributed by atoms with van der Waals surface area (Å²) in [5.74, 6) is 1.03. The third kappa shape index (κ3) is 3.34. The normalized spacial score (nSPS) is 13.1. The predicted molar refractivity (Wildman–Crippen MR) is 121 cm³/mol. The van der Waals surface area contributed by atoms with Gasteiger partial charge in [0.2, 0.25) is 0 Å². The number of aryl methyl sites for hydroxylation is 3. The van der Waals surface area contributed by atoms with Gasteiger partial charge < -0.3 is 10.6 Å². The van der Waals surface area contributed by atoms with Gasteiger partial charge in [-0.15, -0.1) is 0 Å². The Hall–Kier alpha value is -2.89. The highest BCUT2D eigenvalue weighted by Crippen LogP contribution is 2.36. The number of amides is 1. The molecular weight excluding hydrogens is 374 g/mol. The molecule has 0 atom stereocenters. The lowest BCUT2D eigenvalue weighted by Gasteiger charge is -2.20. The molecule has 1 aliphatic rings. The molecule has 0 saturated carbocycles. The molecule has 3 aromatic rings. The zero-order valence-electron chi connectivity index (χ0n) is 18.6. The number of carbonyl (C=O) groups is 1. The molecule has 0 unspecified atom stereocenters. The number of benzene rings is 1. The maximum absolute atomic E-state index is 12.0. The molecule has 1 amide bonds. The molecule has 6 heteroatoms. The van der Waals surface area contributed by atoms with E-state index in [0.717, 1.165) is 66.0 Å². The van der Waals surface area contributed by atoms with Gasteiger partial charge in [-0.1, -0.05) is 19.9 Å². The number of fused-ring (bicyclic) bond motifs is 2. The van der Waals surface area contributed by atoms with E-state index in [1.807, 2.05) is 36.6 Å². The van der Waals surface area contributed by atoms with Gasteiger partial charge >= 0.3 is 0 Å². The second kappa shape index (κ2) is 8.09. The number of nitrogens with one attached hydrogen (secondary N) is 2. The Bertz CT molecular complexity index is 1110. The van der Waals surface area contributed by atoms with E-state index in [1.54, 1.807) is 7.05 Å². The molecule has 0 spiro atoms. The molecule has 2 aromatic heterocycles. The molecule has 0 aliphatic heterocycles. The summed E-state index contributed by atoms with van der Waals surface area (Å²) in [6.07, 6.45) is 5.35. The van der Waals surface area contributed by atoms with Crippen LogP contribution in [0.4, 0.5) is 5.82 Å². The Morgan fingerprint density at radius 3 is 2.63 bits per heavy atom. The molecule has 1 aromatic carbocycles. The number of hydrogen-bond donors (Lipinski definition) is 2. The average Bonchev–Trinajstić information content (AvgIpc) is 3.34. The second-order valence-corrected chi connectivity index (χ2v) is 8.20. The molecule has 0 saturated heterocycles. The summed E-state index contributed by atoms with van der Waals surface area (Å²) in [7, 11) is 1.65. The van der Waals surface area contributed by atoms with Gasteiger partial charge in [0, 0.05) is 35.5 Å². The van der Waals surface area contributed by atoms with Crippen LogP contribution in [0.25, 0.3) is 16.8 Å². The standard InChI is InChI=1S/C24H31N5O/c1-6-17(7-2)26-22-19-9-8-10-20(19)27-23-21(15(4)28-29(22)23)18-12-11-16(13-14(18)3)24(30)25-5/h11-13,17,26H,6-10H2,1-5H3,(H,25,30). The van der Waals surface area contributed by atoms with E-state index in [-0.39, 0.29) is 5.91 Å². The smallest absolute Gasteiger partial charge is 0.251 e. The monoisotopic (exact) mass is 405 g/mol. The van der Waals surface area contributed by atoms with Crippen molar-refractivity contribution in [3.05, 3.63) is 46.3 Å². The number of rotatable bonds is 6. The first-order chi connectivity index (χ1) is 14.5. The van der Waals surface area contributed by atoms with Gasteiger partial charge in [-0.25, -0.2) is 4.98 Å². The van der Waals surface area contributed by atoms with E-state index in [9.17, 15) is 4.79 Å². The Morgan fingerprint density at radius 1 is 1.20 bits per heavy atom. The molecule has 2 heterocycles. The molecule has 0 radical (unpaired) electrons. The molecule has 158 valence electrons. The Morgan fingerprint density at radius 2 is 1.97 bits per heavy atom. The first-order valence-electron chi connectivity index (χ1n) is 11.0. The summed E-state index contributed by atoms with van der Waals surface area (Å²) in [5, 5.41) is 11.4. The van der Waals surface area contributed by atoms with E-state index in [4.69, 9.17) is 10.1 Å². The third-order valence-corrected chi connectivity index (χ3v) is 6.27. The minimum absolute atomic E-state index is 0.0751. The highest BCUT2D eigenvalue weighted by molar-refractivity contribution is 5.95. The van der Waals surface area contributed by atoms with Gasteiger partial charge in [-0.2, -0.15) is 9.61 Å². The highest BCUT2D eigenvalue weighted by Gasteiger charge is 2.25. The number of nitrogens with zero attached hydrogens (tertiary/aromatic N) is 3. The Balaban J connectivity index is 1.91. The Kier molecular flexibility index (Phi) is 5.50. The minimum Gasteiger partial charge on any atom is -0.367 e. The van der Waals surface area contributed by atoms with Crippen molar-refractivity contribution in [2.24, 2.45) is 0 Å². The number of hydrogen-bond acceptors (Lipinski definition) is 4. The van der Waals surface area contributed by atoms with Gasteiger partial charge in [-0.3, -0.25) is 4.79 Å². The van der Waals surface area contributed by atoms with E-state index in [2.05, 4.69) is 24.5 Å². The topological polar surface area (TPSA) is 71.3 Å². The maximum atomic E-state index is 12.0. The zero-order valence-corrected chi connectivity index (χ0v) is 18.6. The average molecular weight is 406 g/mol. The van der Waals surface area contributed by atoms with Gasteiger partial charge in [0.1, 0.15) is 5.82 Å². The van der Waals surface area contributed by atoms with Crippen LogP contribution in [0.2, 0.25) is 0 Å². The zero-order chi connectivity index (χ0) is 21.4. The van der Waals surface area contributed by atoms with Gasteiger partial charge in [0.05, 0.1) is 5.69 Å². The predicted octanol–water partition coefficient (Wildman–Crippen LogP) is 4.46. The molecule has 6 nitrogen and oxygen atoms in total. The first kappa shape index (κ1) is 20.4.